The van der Waals surface area contributed by atoms with Crippen LogP contribution in [-0.4, -0.2) is 176 Å². The molecule has 4 aliphatic heterocycles. The molecule has 4 aromatic carbocycles. The van der Waals surface area contributed by atoms with E-state index in [0.29, 0.717) is 84.9 Å². The summed E-state index contributed by atoms with van der Waals surface area (Å²) in [5.41, 5.74) is 9.72. The number of anilines is 2. The van der Waals surface area contributed by atoms with Crippen LogP contribution in [0.4, 0.5) is 11.5 Å². The number of likely N-dealkylation sites (N-methyl/N-ethyl adjacent to an activating group) is 1. The van der Waals surface area contributed by atoms with Crippen molar-refractivity contribution in [1.29, 1.82) is 0 Å². The molecule has 11 rings (SSSR count). The molecule has 4 atom stereocenters. The van der Waals surface area contributed by atoms with Gasteiger partial charge in [-0.25, -0.2) is 4.98 Å². The molecule has 1 unspecified atom stereocenters. The summed E-state index contributed by atoms with van der Waals surface area (Å²) in [5.74, 6) is 0.882. The molecule has 5 aliphatic rings. The van der Waals surface area contributed by atoms with Gasteiger partial charge >= 0.3 is 6.01 Å². The van der Waals surface area contributed by atoms with Crippen molar-refractivity contribution in [2.45, 2.75) is 108 Å². The molecule has 1 aliphatic carbocycles. The normalized spacial score (nSPS) is 19.5. The Hall–Kier alpha value is -6.94. The molecule has 19 nitrogen and oxygen atoms in total. The summed E-state index contributed by atoms with van der Waals surface area (Å²) in [7, 11) is 1.74. The first-order valence-corrected chi connectivity index (χ1v) is 32.4. The lowest BCUT2D eigenvalue weighted by Crippen LogP contribution is -2.63. The monoisotopic (exact) mass is 1210 g/mol. The lowest BCUT2D eigenvalue weighted by molar-refractivity contribution is -0.147. The second kappa shape index (κ2) is 28.5. The van der Waals surface area contributed by atoms with Crippen LogP contribution in [0.1, 0.15) is 93.9 Å². The highest BCUT2D eigenvalue weighted by Gasteiger charge is 2.50. The van der Waals surface area contributed by atoms with E-state index in [1.807, 2.05) is 52.3 Å². The number of aromatic nitrogens is 3. The number of rotatable bonds is 25. The van der Waals surface area contributed by atoms with Gasteiger partial charge in [0.25, 0.3) is 0 Å². The Morgan fingerprint density at radius 2 is 1.53 bits per heavy atom. The second-order valence-corrected chi connectivity index (χ2v) is 25.0. The highest BCUT2D eigenvalue weighted by atomic mass is 32.1. The molecule has 6 aromatic rings. The molecule has 3 amide bonds. The zero-order valence-corrected chi connectivity index (χ0v) is 51.7. The number of ether oxygens (including phenoxy) is 5. The van der Waals surface area contributed by atoms with Crippen molar-refractivity contribution < 1.29 is 43.2 Å². The number of carbonyl (C=O) groups excluding carboxylic acids is 3. The van der Waals surface area contributed by atoms with Crippen molar-refractivity contribution in [2.75, 3.05) is 115 Å². The maximum atomic E-state index is 14.7. The largest absolute Gasteiger partial charge is 0.508 e. The number of phenols is 1. The number of aromatic hydroxyl groups is 1. The fraction of sp³-hybridized carbons (Fsp3) is 0.522. The number of likely N-dealkylation sites (tertiary alicyclic amines) is 2. The zero-order valence-electron chi connectivity index (χ0n) is 50.8. The van der Waals surface area contributed by atoms with Gasteiger partial charge in [-0.1, -0.05) is 74.4 Å². The molecule has 464 valence electrons. The van der Waals surface area contributed by atoms with Crippen LogP contribution in [0.3, 0.4) is 0 Å². The van der Waals surface area contributed by atoms with Crippen LogP contribution in [0.2, 0.25) is 0 Å². The number of nitrogens with two attached hydrogens (primary N) is 1. The number of carbonyl (C=O) groups is 3. The van der Waals surface area contributed by atoms with Crippen molar-refractivity contribution in [2.24, 2.45) is 17.6 Å². The summed E-state index contributed by atoms with van der Waals surface area (Å²) in [4.78, 5) is 66.2. The number of thiazole rings is 1. The highest BCUT2D eigenvalue weighted by molar-refractivity contribution is 7.10. The van der Waals surface area contributed by atoms with Crippen LogP contribution in [-0.2, 0) is 41.6 Å². The molecule has 6 heterocycles. The highest BCUT2D eigenvalue weighted by Crippen LogP contribution is 2.44. The number of phenolic OH excluding ortho intramolecular Hbond substituents is 1. The second-order valence-electron chi connectivity index (χ2n) is 24.1. The number of hydrogen-bond donors (Lipinski definition) is 3. The smallest absolute Gasteiger partial charge is 0.318 e. The predicted octanol–water partition coefficient (Wildman–Crippen LogP) is 8.69. The van der Waals surface area contributed by atoms with E-state index in [0.717, 1.165) is 157 Å². The number of nitrogens with zero attached hydrogens (tertiary/aromatic N) is 8. The molecule has 1 saturated carbocycles. The van der Waals surface area contributed by atoms with Gasteiger partial charge in [-0.15, -0.1) is 11.3 Å². The first kappa shape index (κ1) is 61.7. The van der Waals surface area contributed by atoms with Crippen LogP contribution in [0.15, 0.2) is 90.8 Å². The van der Waals surface area contributed by atoms with Gasteiger partial charge in [0, 0.05) is 97.9 Å². The van der Waals surface area contributed by atoms with Crippen molar-refractivity contribution in [3.8, 4) is 28.8 Å². The minimum atomic E-state index is -1.15. The first-order chi connectivity index (χ1) is 42.4. The van der Waals surface area contributed by atoms with E-state index in [9.17, 15) is 19.5 Å². The van der Waals surface area contributed by atoms with Crippen molar-refractivity contribution >= 4 is 62.1 Å². The summed E-state index contributed by atoms with van der Waals surface area (Å²) in [6, 6.07) is 24.2. The topological polar surface area (TPSA) is 211 Å². The average Bonchev–Trinajstić information content (AvgIpc) is 2.26. The third kappa shape index (κ3) is 14.2. The third-order valence-corrected chi connectivity index (χ3v) is 19.5. The molecule has 20 heteroatoms. The quantitative estimate of drug-likeness (QED) is 0.0362. The van der Waals surface area contributed by atoms with Gasteiger partial charge in [0.2, 0.25) is 17.7 Å². The molecule has 0 spiro atoms. The van der Waals surface area contributed by atoms with Crippen LogP contribution in [0, 0.1) is 11.8 Å². The molecular weight excluding hydrogens is 1120 g/mol. The number of piperazine rings is 1. The van der Waals surface area contributed by atoms with Crippen LogP contribution < -0.4 is 30.3 Å². The minimum Gasteiger partial charge on any atom is -0.508 e. The van der Waals surface area contributed by atoms with Gasteiger partial charge in [0.1, 0.15) is 40.6 Å². The van der Waals surface area contributed by atoms with Crippen molar-refractivity contribution in [1.82, 2.24) is 35.0 Å². The fourth-order valence-corrected chi connectivity index (χ4v) is 14.8. The van der Waals surface area contributed by atoms with Gasteiger partial charge in [-0.3, -0.25) is 19.3 Å². The Morgan fingerprint density at radius 1 is 0.805 bits per heavy atom. The SMILES string of the molecule is C=CC(=O)N1CCN(c2nc(O[C@H](C)CN3CCC(OCCOCCOCCOc4ccc(-c5csc([C@@H]6CCCN6C(=O)[C@@H](C6CCCCC6)C(C)(NC)C(N)=O)n5)c5ccccc45)CC3)nc3c2CCN(c2cc(O)cc4ccccc24)C3)CC1. The van der Waals surface area contributed by atoms with Crippen LogP contribution in [0.5, 0.6) is 17.5 Å². The zero-order chi connectivity index (χ0) is 60.4. The van der Waals surface area contributed by atoms with Crippen LogP contribution in [0.25, 0.3) is 32.8 Å². The van der Waals surface area contributed by atoms with E-state index in [4.69, 9.17) is 44.4 Å². The number of amides is 3. The Morgan fingerprint density at radius 3 is 2.28 bits per heavy atom. The summed E-state index contributed by atoms with van der Waals surface area (Å²) < 4.78 is 30.9. The number of hydrogen-bond acceptors (Lipinski definition) is 17. The molecule has 3 saturated heterocycles. The Labute approximate surface area is 515 Å². The van der Waals surface area contributed by atoms with Gasteiger partial charge in [-0.2, -0.15) is 9.97 Å². The third-order valence-electron chi connectivity index (χ3n) is 18.6. The average molecular weight is 1210 g/mol. The van der Waals surface area contributed by atoms with Gasteiger partial charge < -0.3 is 59.4 Å². The van der Waals surface area contributed by atoms with E-state index < -0.39 is 17.4 Å². The Balaban J connectivity index is 0.603. The Bertz CT molecular complexity index is 3360. The number of fused-ring (bicyclic) bond motifs is 3. The number of primary amides is 1. The van der Waals surface area contributed by atoms with Crippen LogP contribution >= 0.6 is 11.3 Å². The van der Waals surface area contributed by atoms with E-state index >= 15 is 0 Å². The maximum absolute atomic E-state index is 14.7. The lowest BCUT2D eigenvalue weighted by Gasteiger charge is -2.42. The Kier molecular flexibility index (Phi) is 20.2. The summed E-state index contributed by atoms with van der Waals surface area (Å²) in [6.07, 6.45) is 10.7. The minimum absolute atomic E-state index is 0.00190. The summed E-state index contributed by atoms with van der Waals surface area (Å²) >= 11 is 1.59. The van der Waals surface area contributed by atoms with E-state index in [1.54, 1.807) is 31.4 Å². The standard InChI is InChI=1S/C67H86N10O9S/c1-5-60(79)74-30-32-75(33-31-74)62-54-25-29-76(58-41-48(78)40-47-16-9-10-17-50(47)58)43-55(54)71-66(72-62)86-45(2)42-73-27-23-49(24-28-73)84-38-36-82-34-35-83-37-39-85-59-22-21-52(51-18-11-12-19-53(51)59)56-44-87-63(70-56)57-20-13-26-77(57)64(80)61(46-14-7-6-8-15-46)67(3,69-4)65(68)81/h5,9-12,16-19,21-22,40-41,44-46,49,57,61,69,78H,1,6-8,13-15,20,23-39,42-43H2,2-4H3,(H2,68,81)/t45-,57+,61-,67?/m1/s1. The molecule has 87 heavy (non-hydrogen) atoms. The fourth-order valence-electron chi connectivity index (χ4n) is 13.8. The van der Waals surface area contributed by atoms with Gasteiger partial charge in [0.15, 0.2) is 0 Å². The number of benzene rings is 4. The first-order valence-electron chi connectivity index (χ1n) is 31.5. The van der Waals surface area contributed by atoms with E-state index in [2.05, 4.69) is 63.2 Å². The summed E-state index contributed by atoms with van der Waals surface area (Å²) in [6.45, 7) is 17.2. The van der Waals surface area contributed by atoms with E-state index in [1.165, 1.54) is 6.08 Å². The van der Waals surface area contributed by atoms with Gasteiger partial charge in [-0.05, 0) is 107 Å². The van der Waals surface area contributed by atoms with Gasteiger partial charge in [0.05, 0.1) is 69.0 Å². The van der Waals surface area contributed by atoms with E-state index in [-0.39, 0.29) is 41.7 Å². The molecule has 2 aromatic heterocycles. The molecule has 4 N–H and O–H groups in total. The molecule has 0 bridgehead atoms. The molecular formula is C67H86N10O9S. The number of piperidine rings is 1. The summed E-state index contributed by atoms with van der Waals surface area (Å²) in [5, 5.41) is 20.9. The lowest BCUT2D eigenvalue weighted by atomic mass is 9.69. The molecule has 0 radical (unpaired) electrons. The number of nitrogens with one attached hydrogen (secondary N) is 1. The molecule has 4 fully saturated rings. The maximum Gasteiger partial charge on any atom is 0.318 e. The van der Waals surface area contributed by atoms with Crippen molar-refractivity contribution in [3.63, 3.8) is 0 Å². The van der Waals surface area contributed by atoms with Crippen molar-refractivity contribution in [3.05, 3.63) is 107 Å². The predicted molar refractivity (Wildman–Crippen MR) is 339 cm³/mol.